The van der Waals surface area contributed by atoms with Crippen LogP contribution in [0.5, 0.6) is 11.5 Å². The number of methoxy groups -OCH3 is 2. The molecule has 1 aromatic rings. The van der Waals surface area contributed by atoms with Gasteiger partial charge in [-0.2, -0.15) is 0 Å². The van der Waals surface area contributed by atoms with Crippen LogP contribution in [0.3, 0.4) is 0 Å². The molecule has 0 radical (unpaired) electrons. The normalized spacial score (nSPS) is 23.3. The van der Waals surface area contributed by atoms with Gasteiger partial charge in [0.2, 0.25) is 0 Å². The number of anilines is 1. The lowest BCUT2D eigenvalue weighted by Gasteiger charge is -2.41. The molecule has 4 nitrogen and oxygen atoms in total. The minimum atomic E-state index is 0.485. The van der Waals surface area contributed by atoms with Crippen LogP contribution in [0.4, 0.5) is 5.69 Å². The van der Waals surface area contributed by atoms with E-state index in [1.54, 1.807) is 14.2 Å². The molecule has 1 N–H and O–H groups in total. The van der Waals surface area contributed by atoms with E-state index in [1.165, 1.54) is 0 Å². The van der Waals surface area contributed by atoms with Gasteiger partial charge in [0.25, 0.3) is 0 Å². The van der Waals surface area contributed by atoms with Crippen molar-refractivity contribution in [2.24, 2.45) is 0 Å². The standard InChI is InChI=1S/C15H24N2O2/c1-5-12-9-16-11(2)10-17(12)14-8-13(18-3)6-7-15(14)19-4/h6-8,11-12,16H,5,9-10H2,1-4H3. The molecule has 1 fully saturated rings. The molecular weight excluding hydrogens is 240 g/mol. The molecule has 1 aromatic carbocycles. The van der Waals surface area contributed by atoms with Gasteiger partial charge in [0, 0.05) is 31.2 Å². The van der Waals surface area contributed by atoms with Gasteiger partial charge < -0.3 is 19.7 Å². The van der Waals surface area contributed by atoms with E-state index < -0.39 is 0 Å². The zero-order valence-corrected chi connectivity index (χ0v) is 12.3. The van der Waals surface area contributed by atoms with Crippen molar-refractivity contribution in [1.82, 2.24) is 5.32 Å². The lowest BCUT2D eigenvalue weighted by atomic mass is 10.1. The first-order chi connectivity index (χ1) is 9.19. The van der Waals surface area contributed by atoms with E-state index in [1.807, 2.05) is 12.1 Å². The third-order valence-corrected chi connectivity index (χ3v) is 3.78. The van der Waals surface area contributed by atoms with Gasteiger partial charge in [0.05, 0.1) is 19.9 Å². The summed E-state index contributed by atoms with van der Waals surface area (Å²) in [6.07, 6.45) is 1.11. The molecule has 0 amide bonds. The first-order valence-corrected chi connectivity index (χ1v) is 6.91. The minimum absolute atomic E-state index is 0.485. The van der Waals surface area contributed by atoms with E-state index in [4.69, 9.17) is 9.47 Å². The Bertz CT molecular complexity index is 423. The summed E-state index contributed by atoms with van der Waals surface area (Å²) in [6.45, 7) is 6.44. The summed E-state index contributed by atoms with van der Waals surface area (Å²) in [6, 6.07) is 6.97. The Morgan fingerprint density at radius 3 is 2.74 bits per heavy atom. The van der Waals surface area contributed by atoms with Crippen molar-refractivity contribution in [1.29, 1.82) is 0 Å². The van der Waals surface area contributed by atoms with Gasteiger partial charge in [-0.3, -0.25) is 0 Å². The molecule has 1 aliphatic heterocycles. The number of piperazine rings is 1. The van der Waals surface area contributed by atoms with Crippen LogP contribution in [0.25, 0.3) is 0 Å². The highest BCUT2D eigenvalue weighted by Crippen LogP contribution is 2.34. The van der Waals surface area contributed by atoms with Crippen molar-refractivity contribution in [3.63, 3.8) is 0 Å². The fraction of sp³-hybridized carbons (Fsp3) is 0.600. The summed E-state index contributed by atoms with van der Waals surface area (Å²) >= 11 is 0. The topological polar surface area (TPSA) is 33.7 Å². The molecule has 0 spiro atoms. The molecule has 4 heteroatoms. The first kappa shape index (κ1) is 14.0. The molecule has 1 aliphatic rings. The zero-order valence-electron chi connectivity index (χ0n) is 12.3. The van der Waals surface area contributed by atoms with E-state index in [2.05, 4.69) is 30.1 Å². The Kier molecular flexibility index (Phi) is 4.53. The summed E-state index contributed by atoms with van der Waals surface area (Å²) in [7, 11) is 3.42. The second-order valence-corrected chi connectivity index (χ2v) is 5.06. The fourth-order valence-corrected chi connectivity index (χ4v) is 2.64. The van der Waals surface area contributed by atoms with E-state index in [0.717, 1.165) is 36.7 Å². The summed E-state index contributed by atoms with van der Waals surface area (Å²) in [4.78, 5) is 2.43. The van der Waals surface area contributed by atoms with Gasteiger partial charge in [0.15, 0.2) is 0 Å². The van der Waals surface area contributed by atoms with Crippen LogP contribution in [0.1, 0.15) is 20.3 Å². The third-order valence-electron chi connectivity index (χ3n) is 3.78. The molecule has 1 saturated heterocycles. The Labute approximate surface area is 115 Å². The molecule has 0 aliphatic carbocycles. The lowest BCUT2D eigenvalue weighted by molar-refractivity contribution is 0.380. The van der Waals surface area contributed by atoms with Gasteiger partial charge in [-0.1, -0.05) is 6.92 Å². The maximum absolute atomic E-state index is 5.51. The molecule has 106 valence electrons. The van der Waals surface area contributed by atoms with Crippen molar-refractivity contribution in [3.05, 3.63) is 18.2 Å². The van der Waals surface area contributed by atoms with Gasteiger partial charge in [-0.05, 0) is 25.5 Å². The molecule has 2 rings (SSSR count). The highest BCUT2D eigenvalue weighted by molar-refractivity contribution is 5.62. The van der Waals surface area contributed by atoms with Crippen LogP contribution in [-0.2, 0) is 0 Å². The number of benzene rings is 1. The van der Waals surface area contributed by atoms with Gasteiger partial charge in [0.1, 0.15) is 11.5 Å². The number of nitrogens with one attached hydrogen (secondary N) is 1. The third kappa shape index (κ3) is 2.95. The Morgan fingerprint density at radius 1 is 1.32 bits per heavy atom. The van der Waals surface area contributed by atoms with Crippen LogP contribution < -0.4 is 19.7 Å². The molecule has 19 heavy (non-hydrogen) atoms. The molecule has 0 bridgehead atoms. The highest BCUT2D eigenvalue weighted by atomic mass is 16.5. The minimum Gasteiger partial charge on any atom is -0.497 e. The lowest BCUT2D eigenvalue weighted by Crippen LogP contribution is -2.55. The van der Waals surface area contributed by atoms with Gasteiger partial charge in [-0.15, -0.1) is 0 Å². The maximum Gasteiger partial charge on any atom is 0.142 e. The Balaban J connectivity index is 2.36. The summed E-state index contributed by atoms with van der Waals surface area (Å²) in [5.74, 6) is 1.78. The van der Waals surface area contributed by atoms with Crippen molar-refractivity contribution in [3.8, 4) is 11.5 Å². The second-order valence-electron chi connectivity index (χ2n) is 5.06. The largest absolute Gasteiger partial charge is 0.497 e. The molecular formula is C15H24N2O2. The average Bonchev–Trinajstić information content (AvgIpc) is 2.46. The second kappa shape index (κ2) is 6.15. The van der Waals surface area contributed by atoms with E-state index >= 15 is 0 Å². The Hall–Kier alpha value is -1.42. The molecule has 1 heterocycles. The summed E-state index contributed by atoms with van der Waals surface area (Å²) in [5, 5.41) is 3.54. The Morgan fingerprint density at radius 2 is 2.11 bits per heavy atom. The molecule has 2 atom stereocenters. The van der Waals surface area contributed by atoms with Crippen LogP contribution in [-0.4, -0.2) is 39.4 Å². The zero-order chi connectivity index (χ0) is 13.8. The van der Waals surface area contributed by atoms with Gasteiger partial charge in [-0.25, -0.2) is 0 Å². The number of hydrogen-bond donors (Lipinski definition) is 1. The van der Waals surface area contributed by atoms with Crippen molar-refractivity contribution >= 4 is 5.69 Å². The van der Waals surface area contributed by atoms with Crippen LogP contribution in [0.2, 0.25) is 0 Å². The van der Waals surface area contributed by atoms with Crippen molar-refractivity contribution in [2.75, 3.05) is 32.2 Å². The van der Waals surface area contributed by atoms with E-state index in [-0.39, 0.29) is 0 Å². The number of hydrogen-bond acceptors (Lipinski definition) is 4. The predicted molar refractivity (Wildman–Crippen MR) is 78.4 cm³/mol. The number of ether oxygens (including phenoxy) is 2. The SMILES string of the molecule is CCC1CNC(C)CN1c1cc(OC)ccc1OC. The summed E-state index contributed by atoms with van der Waals surface area (Å²) < 4.78 is 10.9. The maximum atomic E-state index is 5.51. The highest BCUT2D eigenvalue weighted by Gasteiger charge is 2.27. The summed E-state index contributed by atoms with van der Waals surface area (Å²) in [5.41, 5.74) is 1.13. The monoisotopic (exact) mass is 264 g/mol. The van der Waals surface area contributed by atoms with E-state index in [9.17, 15) is 0 Å². The van der Waals surface area contributed by atoms with Gasteiger partial charge >= 0.3 is 0 Å². The van der Waals surface area contributed by atoms with Crippen LogP contribution in [0.15, 0.2) is 18.2 Å². The fourth-order valence-electron chi connectivity index (χ4n) is 2.64. The van der Waals surface area contributed by atoms with Crippen molar-refractivity contribution in [2.45, 2.75) is 32.4 Å². The van der Waals surface area contributed by atoms with Crippen LogP contribution >= 0.6 is 0 Å². The van der Waals surface area contributed by atoms with E-state index in [0.29, 0.717) is 12.1 Å². The number of nitrogens with zero attached hydrogens (tertiary/aromatic N) is 1. The molecule has 0 aromatic heterocycles. The molecule has 2 unspecified atom stereocenters. The average molecular weight is 264 g/mol. The first-order valence-electron chi connectivity index (χ1n) is 6.91. The van der Waals surface area contributed by atoms with Crippen molar-refractivity contribution < 1.29 is 9.47 Å². The van der Waals surface area contributed by atoms with Crippen LogP contribution in [0, 0.1) is 0 Å². The quantitative estimate of drug-likeness (QED) is 0.904. The predicted octanol–water partition coefficient (Wildman–Crippen LogP) is 2.28. The number of rotatable bonds is 4. The smallest absolute Gasteiger partial charge is 0.142 e. The molecule has 0 saturated carbocycles.